The smallest absolute Gasteiger partial charge is 0.268 e. The highest BCUT2D eigenvalue weighted by Gasteiger charge is 2.23. The molecule has 0 aromatic carbocycles. The second kappa shape index (κ2) is 46.1. The van der Waals surface area contributed by atoms with Crippen LogP contribution >= 0.6 is 7.82 Å². The zero-order valence-corrected chi connectivity index (χ0v) is 43.1. The van der Waals surface area contributed by atoms with Crippen LogP contribution in [0.3, 0.4) is 0 Å². The van der Waals surface area contributed by atoms with Crippen molar-refractivity contribution in [2.24, 2.45) is 0 Å². The molecule has 9 heteroatoms. The number of allylic oxidation sites excluding steroid dienone is 11. The van der Waals surface area contributed by atoms with E-state index in [9.17, 15) is 19.4 Å². The third-order valence-electron chi connectivity index (χ3n) is 11.4. The fourth-order valence-corrected chi connectivity index (χ4v) is 8.00. The first-order valence-electron chi connectivity index (χ1n) is 26.3. The lowest BCUT2D eigenvalue weighted by Crippen LogP contribution is -2.45. The summed E-state index contributed by atoms with van der Waals surface area (Å²) in [7, 11) is 1.22. The Labute approximate surface area is 395 Å². The molecule has 0 saturated heterocycles. The van der Waals surface area contributed by atoms with E-state index in [1.165, 1.54) is 122 Å². The van der Waals surface area contributed by atoms with Crippen LogP contribution < -0.4 is 10.2 Å². The Bertz CT molecular complexity index is 1270. The van der Waals surface area contributed by atoms with Crippen LogP contribution in [0, 0.1) is 0 Å². The van der Waals surface area contributed by atoms with Crippen LogP contribution in [-0.2, 0) is 18.4 Å². The first-order valence-corrected chi connectivity index (χ1v) is 27.8. The van der Waals surface area contributed by atoms with Crippen LogP contribution in [0.4, 0.5) is 0 Å². The molecule has 0 aromatic rings. The number of quaternary nitrogens is 1. The van der Waals surface area contributed by atoms with E-state index in [0.29, 0.717) is 17.4 Å². The number of phosphoric acid groups is 1. The predicted octanol–water partition coefficient (Wildman–Crippen LogP) is 14.9. The largest absolute Gasteiger partial charge is 0.756 e. The minimum absolute atomic E-state index is 0.0127. The van der Waals surface area contributed by atoms with Crippen molar-refractivity contribution in [3.8, 4) is 0 Å². The molecule has 3 atom stereocenters. The maximum atomic E-state index is 12.9. The highest BCUT2D eigenvalue weighted by molar-refractivity contribution is 7.45. The summed E-state index contributed by atoms with van der Waals surface area (Å²) in [4.78, 5) is 25.4. The number of hydrogen-bond acceptors (Lipinski definition) is 6. The highest BCUT2D eigenvalue weighted by atomic mass is 31.2. The standard InChI is InChI=1S/C55H101N2O6P/c1-6-8-10-12-14-16-18-20-22-24-26-27-28-29-31-32-34-36-38-40-42-44-46-48-54(58)53(52-63-64(60,61)62-51-50-57(3,4)5)56-55(59)49-47-45-43-41-39-37-35-33-30-25-23-21-19-17-15-13-11-9-7-2/h9,11,15,17,21,23,30,33,38,40,46,48,53-54,58H,6-8,10,12-14,16,18-20,22,24-29,31-32,34-37,39,41-45,47,49-52H2,1-5H3,(H-,56,59,60,61)/b11-9-,17-15-,23-21-,33-30-,40-38+,48-46+. The Morgan fingerprint density at radius 1 is 0.562 bits per heavy atom. The molecule has 0 aliphatic heterocycles. The van der Waals surface area contributed by atoms with Crippen molar-refractivity contribution in [3.05, 3.63) is 72.9 Å². The molecule has 0 fully saturated rings. The summed E-state index contributed by atoms with van der Waals surface area (Å²) >= 11 is 0. The first kappa shape index (κ1) is 61.9. The van der Waals surface area contributed by atoms with E-state index in [0.717, 1.165) is 77.0 Å². The molecule has 0 bridgehead atoms. The lowest BCUT2D eigenvalue weighted by atomic mass is 10.0. The number of phosphoric ester groups is 1. The van der Waals surface area contributed by atoms with Crippen molar-refractivity contribution >= 4 is 13.7 Å². The lowest BCUT2D eigenvalue weighted by molar-refractivity contribution is -0.870. The Morgan fingerprint density at radius 2 is 0.969 bits per heavy atom. The molecule has 0 saturated carbocycles. The van der Waals surface area contributed by atoms with Gasteiger partial charge < -0.3 is 28.8 Å². The number of nitrogens with one attached hydrogen (secondary N) is 1. The zero-order chi connectivity index (χ0) is 47.1. The van der Waals surface area contributed by atoms with E-state index in [-0.39, 0.29) is 12.5 Å². The summed E-state index contributed by atoms with van der Waals surface area (Å²) < 4.78 is 23.3. The van der Waals surface area contributed by atoms with Gasteiger partial charge in [-0.25, -0.2) is 0 Å². The average molecular weight is 917 g/mol. The molecule has 0 aliphatic carbocycles. The third kappa shape index (κ3) is 47.9. The van der Waals surface area contributed by atoms with Gasteiger partial charge in [0.25, 0.3) is 7.82 Å². The molecule has 0 heterocycles. The van der Waals surface area contributed by atoms with Crippen molar-refractivity contribution in [1.82, 2.24) is 5.32 Å². The van der Waals surface area contributed by atoms with Gasteiger partial charge in [-0.05, 0) is 70.6 Å². The van der Waals surface area contributed by atoms with Crippen LogP contribution in [0.25, 0.3) is 0 Å². The minimum Gasteiger partial charge on any atom is -0.756 e. The second-order valence-corrected chi connectivity index (χ2v) is 20.2. The molecule has 0 spiro atoms. The minimum atomic E-state index is -4.61. The van der Waals surface area contributed by atoms with Gasteiger partial charge in [-0.15, -0.1) is 0 Å². The summed E-state index contributed by atoms with van der Waals surface area (Å²) in [5, 5.41) is 13.8. The topological polar surface area (TPSA) is 108 Å². The van der Waals surface area contributed by atoms with Gasteiger partial charge in [0.1, 0.15) is 13.2 Å². The average Bonchev–Trinajstić information content (AvgIpc) is 3.25. The van der Waals surface area contributed by atoms with E-state index in [2.05, 4.69) is 79.9 Å². The van der Waals surface area contributed by atoms with Gasteiger partial charge in [0.05, 0.1) is 39.9 Å². The van der Waals surface area contributed by atoms with E-state index < -0.39 is 26.6 Å². The molecule has 2 N–H and O–H groups in total. The Balaban J connectivity index is 4.37. The summed E-state index contributed by atoms with van der Waals surface area (Å²) in [5.74, 6) is -0.223. The molecule has 0 radical (unpaired) electrons. The Hall–Kier alpha value is -2.06. The molecule has 372 valence electrons. The van der Waals surface area contributed by atoms with Gasteiger partial charge in [-0.1, -0.05) is 215 Å². The first-order chi connectivity index (χ1) is 31.0. The van der Waals surface area contributed by atoms with Crippen molar-refractivity contribution in [2.75, 3.05) is 40.9 Å². The normalized spacial score (nSPS) is 14.7. The van der Waals surface area contributed by atoms with Crippen LogP contribution in [0.2, 0.25) is 0 Å². The maximum Gasteiger partial charge on any atom is 0.268 e. The number of aliphatic hydroxyl groups excluding tert-OH is 1. The van der Waals surface area contributed by atoms with Crippen LogP contribution in [0.15, 0.2) is 72.9 Å². The van der Waals surface area contributed by atoms with E-state index >= 15 is 0 Å². The molecular formula is C55H101N2O6P. The monoisotopic (exact) mass is 917 g/mol. The number of hydrogen-bond donors (Lipinski definition) is 2. The predicted molar refractivity (Wildman–Crippen MR) is 274 cm³/mol. The van der Waals surface area contributed by atoms with E-state index in [1.54, 1.807) is 6.08 Å². The molecule has 1 amide bonds. The van der Waals surface area contributed by atoms with Crippen molar-refractivity contribution in [2.45, 2.75) is 231 Å². The molecule has 64 heavy (non-hydrogen) atoms. The SMILES string of the molecule is CC/C=C\C/C=C\C/C=C\C/C=C\CCCCCCCCC(=O)NC(COP(=O)([O-])OCC[N+](C)(C)C)C(O)/C=C/CC/C=C/CCCCCCCCCCCCCCCCCCC. The Kier molecular flexibility index (Phi) is 44.6. The number of aliphatic hydroxyl groups is 1. The van der Waals surface area contributed by atoms with E-state index in [1.807, 2.05) is 27.2 Å². The van der Waals surface area contributed by atoms with Gasteiger partial charge in [-0.3, -0.25) is 9.36 Å². The van der Waals surface area contributed by atoms with Crippen molar-refractivity contribution in [3.63, 3.8) is 0 Å². The highest BCUT2D eigenvalue weighted by Crippen LogP contribution is 2.38. The number of amides is 1. The molecule has 0 aromatic heterocycles. The van der Waals surface area contributed by atoms with Gasteiger partial charge in [0.15, 0.2) is 0 Å². The summed E-state index contributed by atoms with van der Waals surface area (Å²) in [6, 6.07) is -0.915. The molecule has 0 rings (SSSR count). The molecule has 3 unspecified atom stereocenters. The Morgan fingerprint density at radius 3 is 1.45 bits per heavy atom. The van der Waals surface area contributed by atoms with Crippen LogP contribution in [0.5, 0.6) is 0 Å². The third-order valence-corrected chi connectivity index (χ3v) is 12.4. The second-order valence-electron chi connectivity index (χ2n) is 18.8. The van der Waals surface area contributed by atoms with Crippen LogP contribution in [0.1, 0.15) is 219 Å². The quantitative estimate of drug-likeness (QED) is 0.0272. The summed E-state index contributed by atoms with van der Waals surface area (Å²) in [6.07, 6.45) is 62.5. The van der Waals surface area contributed by atoms with E-state index in [4.69, 9.17) is 9.05 Å². The number of rotatable bonds is 47. The van der Waals surface area contributed by atoms with Crippen molar-refractivity contribution < 1.29 is 32.9 Å². The van der Waals surface area contributed by atoms with Crippen molar-refractivity contribution in [1.29, 1.82) is 0 Å². The number of unbranched alkanes of at least 4 members (excludes halogenated alkanes) is 24. The molecule has 0 aliphatic rings. The lowest BCUT2D eigenvalue weighted by Gasteiger charge is -2.29. The molecular weight excluding hydrogens is 816 g/mol. The summed E-state index contributed by atoms with van der Waals surface area (Å²) in [6.45, 7) is 4.51. The van der Waals surface area contributed by atoms with Gasteiger partial charge >= 0.3 is 0 Å². The number of carbonyl (C=O) groups excluding carboxylic acids is 1. The number of carbonyl (C=O) groups is 1. The number of nitrogens with zero attached hydrogens (tertiary/aromatic N) is 1. The molecule has 8 nitrogen and oxygen atoms in total. The van der Waals surface area contributed by atoms with Gasteiger partial charge in [0, 0.05) is 6.42 Å². The fraction of sp³-hybridized carbons (Fsp3) is 0.764. The number of likely N-dealkylation sites (N-methyl/N-ethyl adjacent to an activating group) is 1. The fourth-order valence-electron chi connectivity index (χ4n) is 7.28. The van der Waals surface area contributed by atoms with Crippen LogP contribution in [-0.4, -0.2) is 68.5 Å². The maximum absolute atomic E-state index is 12.9. The van der Waals surface area contributed by atoms with Gasteiger partial charge in [0.2, 0.25) is 5.91 Å². The van der Waals surface area contributed by atoms with Gasteiger partial charge in [-0.2, -0.15) is 0 Å². The zero-order valence-electron chi connectivity index (χ0n) is 42.2. The summed E-state index contributed by atoms with van der Waals surface area (Å²) in [5.41, 5.74) is 0.